The van der Waals surface area contributed by atoms with Crippen LogP contribution in [0.3, 0.4) is 0 Å². The Labute approximate surface area is 270 Å². The molecule has 1 aliphatic carbocycles. The number of nitrogens with one attached hydrogen (secondary N) is 1. The number of benzene rings is 3. The Bertz CT molecular complexity index is 1860. The van der Waals surface area contributed by atoms with E-state index in [1.807, 2.05) is 25.7 Å². The Morgan fingerprint density at radius 1 is 0.957 bits per heavy atom. The molecule has 3 aromatic carbocycles. The molecule has 3 aliphatic heterocycles. The van der Waals surface area contributed by atoms with E-state index in [9.17, 15) is 4.79 Å². The normalized spacial score (nSPS) is 24.2. The number of aromatic nitrogens is 2. The van der Waals surface area contributed by atoms with Crippen LogP contribution in [-0.4, -0.2) is 50.9 Å². The number of hydrogen-bond acceptors (Lipinski definition) is 6. The molecule has 1 saturated carbocycles. The first-order valence-electron chi connectivity index (χ1n) is 16.5. The summed E-state index contributed by atoms with van der Waals surface area (Å²) in [4.78, 5) is 23.7. The molecule has 0 radical (unpaired) electrons. The van der Waals surface area contributed by atoms with Crippen molar-refractivity contribution in [2.75, 3.05) is 0 Å². The molecule has 4 aromatic rings. The van der Waals surface area contributed by atoms with Crippen molar-refractivity contribution in [2.24, 2.45) is 5.92 Å². The van der Waals surface area contributed by atoms with E-state index in [1.165, 1.54) is 5.56 Å². The number of imidazole rings is 1. The molecule has 238 valence electrons. The summed E-state index contributed by atoms with van der Waals surface area (Å²) in [5.41, 5.74) is 7.07. The van der Waals surface area contributed by atoms with Gasteiger partial charge in [0, 0.05) is 11.6 Å². The van der Waals surface area contributed by atoms with E-state index in [0.29, 0.717) is 12.5 Å². The minimum absolute atomic E-state index is 0.0908. The van der Waals surface area contributed by atoms with Gasteiger partial charge in [0.2, 0.25) is 0 Å². The monoisotopic (exact) mass is 619 g/mol. The molecular weight excluding hydrogens is 577 g/mol. The van der Waals surface area contributed by atoms with E-state index in [1.54, 1.807) is 0 Å². The Kier molecular flexibility index (Phi) is 6.49. The van der Waals surface area contributed by atoms with E-state index < -0.39 is 12.7 Å². The summed E-state index contributed by atoms with van der Waals surface area (Å²) in [6.45, 7) is 14.5. The third-order valence-corrected chi connectivity index (χ3v) is 10.6. The zero-order valence-corrected chi connectivity index (χ0v) is 27.8. The second-order valence-corrected chi connectivity index (χ2v) is 15.4. The Balaban J connectivity index is 1.05. The van der Waals surface area contributed by atoms with Gasteiger partial charge in [0.05, 0.1) is 28.3 Å². The van der Waals surface area contributed by atoms with Crippen molar-refractivity contribution in [1.82, 2.24) is 14.9 Å². The van der Waals surface area contributed by atoms with Gasteiger partial charge in [-0.3, -0.25) is 4.90 Å². The standard InChI is InChI=1S/C37H42BN3O5/c1-35(2,3)44-34(42)41-26-12-8-23(17-26)32(41)33-39-29-15-10-21(18-30(29)40-33)22-9-13-28-27-14-11-25(16-24(27)20-43-31(28)19-22)38-45-36(4,5)37(6,7)46-38/h9-11,13-16,18-19,23,26,32H,8,12,17,20H2,1-7H3,(H,39,40)/t23?,26-,32+/m0/s1. The molecular formula is C37H42BN3O5. The highest BCUT2D eigenvalue weighted by atomic mass is 16.7. The van der Waals surface area contributed by atoms with E-state index in [-0.39, 0.29) is 29.4 Å². The lowest BCUT2D eigenvalue weighted by molar-refractivity contribution is 0.00578. The van der Waals surface area contributed by atoms with Gasteiger partial charge in [0.15, 0.2) is 0 Å². The van der Waals surface area contributed by atoms with Crippen molar-refractivity contribution in [3.63, 3.8) is 0 Å². The molecule has 0 spiro atoms. The van der Waals surface area contributed by atoms with Gasteiger partial charge in [0.25, 0.3) is 0 Å². The van der Waals surface area contributed by atoms with E-state index in [0.717, 1.165) is 69.6 Å². The second kappa shape index (κ2) is 10.1. The topological polar surface area (TPSA) is 85.9 Å². The molecule has 3 fully saturated rings. The van der Waals surface area contributed by atoms with Gasteiger partial charge in [0.1, 0.15) is 23.8 Å². The molecule has 46 heavy (non-hydrogen) atoms. The van der Waals surface area contributed by atoms with Crippen molar-refractivity contribution >= 4 is 29.7 Å². The highest BCUT2D eigenvalue weighted by Crippen LogP contribution is 2.50. The zero-order chi connectivity index (χ0) is 32.2. The first kappa shape index (κ1) is 29.6. The van der Waals surface area contributed by atoms with Gasteiger partial charge in [-0.15, -0.1) is 0 Å². The quantitative estimate of drug-likeness (QED) is 0.239. The number of nitrogens with zero attached hydrogens (tertiary/aromatic N) is 2. The summed E-state index contributed by atoms with van der Waals surface area (Å²) < 4.78 is 24.7. The lowest BCUT2D eigenvalue weighted by atomic mass is 9.77. The average molecular weight is 620 g/mol. The van der Waals surface area contributed by atoms with E-state index in [2.05, 4.69) is 87.3 Å². The maximum atomic E-state index is 13.2. The number of aromatic amines is 1. The number of fused-ring (bicyclic) bond motifs is 6. The van der Waals surface area contributed by atoms with Crippen LogP contribution < -0.4 is 10.2 Å². The van der Waals surface area contributed by atoms with Crippen LogP contribution in [0.5, 0.6) is 5.75 Å². The molecule has 2 saturated heterocycles. The van der Waals surface area contributed by atoms with Gasteiger partial charge >= 0.3 is 13.2 Å². The Morgan fingerprint density at radius 3 is 2.43 bits per heavy atom. The van der Waals surface area contributed by atoms with Crippen LogP contribution in [0.2, 0.25) is 0 Å². The van der Waals surface area contributed by atoms with Crippen LogP contribution in [0.4, 0.5) is 4.79 Å². The van der Waals surface area contributed by atoms with Crippen molar-refractivity contribution in [2.45, 2.75) is 103 Å². The third kappa shape index (κ3) is 4.82. The van der Waals surface area contributed by atoms with Gasteiger partial charge in [-0.1, -0.05) is 36.4 Å². The van der Waals surface area contributed by atoms with Crippen LogP contribution in [0, 0.1) is 5.92 Å². The number of amides is 1. The summed E-state index contributed by atoms with van der Waals surface area (Å²) in [7, 11) is -0.402. The first-order valence-corrected chi connectivity index (χ1v) is 16.5. The molecule has 1 amide bonds. The number of ether oxygens (including phenoxy) is 2. The predicted molar refractivity (Wildman–Crippen MR) is 179 cm³/mol. The Morgan fingerprint density at radius 2 is 1.67 bits per heavy atom. The highest BCUT2D eigenvalue weighted by Gasteiger charge is 2.52. The van der Waals surface area contributed by atoms with Gasteiger partial charge in [-0.2, -0.15) is 0 Å². The first-order chi connectivity index (χ1) is 21.8. The minimum atomic E-state index is -0.538. The van der Waals surface area contributed by atoms with Crippen molar-refractivity contribution < 1.29 is 23.6 Å². The maximum absolute atomic E-state index is 13.2. The van der Waals surface area contributed by atoms with Gasteiger partial charge in [-0.25, -0.2) is 9.78 Å². The van der Waals surface area contributed by atoms with Crippen molar-refractivity contribution in [1.29, 1.82) is 0 Å². The molecule has 9 heteroatoms. The number of H-pyrrole nitrogens is 1. The van der Waals surface area contributed by atoms with Crippen LogP contribution in [0.25, 0.3) is 33.3 Å². The van der Waals surface area contributed by atoms with Crippen molar-refractivity contribution in [3.05, 3.63) is 66.0 Å². The summed E-state index contributed by atoms with van der Waals surface area (Å²) >= 11 is 0. The SMILES string of the molecule is CC(C)(C)OC(=O)N1[C@H]2CCC(C2)[C@@H]1c1nc2ccc(-c3ccc4c(c3)OCc3cc(B5OC(C)(C)C(C)(C)O5)ccc3-4)cc2[nH]1. The third-order valence-electron chi connectivity index (χ3n) is 10.6. The smallest absolute Gasteiger partial charge is 0.488 e. The largest absolute Gasteiger partial charge is 0.494 e. The van der Waals surface area contributed by atoms with E-state index >= 15 is 0 Å². The molecule has 1 aromatic heterocycles. The zero-order valence-electron chi connectivity index (χ0n) is 27.8. The minimum Gasteiger partial charge on any atom is -0.488 e. The predicted octanol–water partition coefficient (Wildman–Crippen LogP) is 7.55. The molecule has 4 aliphatic rings. The molecule has 8 nitrogen and oxygen atoms in total. The molecule has 1 unspecified atom stereocenters. The van der Waals surface area contributed by atoms with Crippen LogP contribution in [0.15, 0.2) is 54.6 Å². The summed E-state index contributed by atoms with van der Waals surface area (Å²) in [6.07, 6.45) is 2.89. The number of carbonyl (C=O) groups excluding carboxylic acids is 1. The highest BCUT2D eigenvalue weighted by molar-refractivity contribution is 6.62. The van der Waals surface area contributed by atoms with Crippen molar-refractivity contribution in [3.8, 4) is 28.0 Å². The summed E-state index contributed by atoms with van der Waals surface area (Å²) in [6, 6.07) is 19.3. The number of likely N-dealkylation sites (tertiary alicyclic amines) is 1. The molecule has 1 N–H and O–H groups in total. The fourth-order valence-corrected chi connectivity index (χ4v) is 7.59. The Hall–Kier alpha value is -3.82. The number of rotatable bonds is 3. The second-order valence-electron chi connectivity index (χ2n) is 15.4. The van der Waals surface area contributed by atoms with Gasteiger partial charge in [-0.05, 0) is 120 Å². The number of piperidine rings is 1. The molecule has 2 bridgehead atoms. The molecule has 8 rings (SSSR count). The average Bonchev–Trinajstić information content (AvgIpc) is 3.76. The lowest BCUT2D eigenvalue weighted by Crippen LogP contribution is -2.43. The maximum Gasteiger partial charge on any atom is 0.494 e. The number of hydrogen-bond donors (Lipinski definition) is 1. The molecule has 4 heterocycles. The summed E-state index contributed by atoms with van der Waals surface area (Å²) in [5.74, 6) is 2.11. The number of carbonyl (C=O) groups is 1. The lowest BCUT2D eigenvalue weighted by Gasteiger charge is -2.35. The van der Waals surface area contributed by atoms with Crippen LogP contribution in [0.1, 0.15) is 85.2 Å². The van der Waals surface area contributed by atoms with Crippen LogP contribution in [-0.2, 0) is 20.7 Å². The fraction of sp³-hybridized carbons (Fsp3) is 0.459. The van der Waals surface area contributed by atoms with Gasteiger partial charge < -0.3 is 23.8 Å². The fourth-order valence-electron chi connectivity index (χ4n) is 7.59. The molecule has 3 atom stereocenters. The van der Waals surface area contributed by atoms with E-state index in [4.69, 9.17) is 23.8 Å². The van der Waals surface area contributed by atoms with Crippen LogP contribution >= 0.6 is 0 Å². The summed E-state index contributed by atoms with van der Waals surface area (Å²) in [5, 5.41) is 0.